The molecule has 1 fully saturated rings. The summed E-state index contributed by atoms with van der Waals surface area (Å²) in [5.74, 6) is 0.300. The van der Waals surface area contributed by atoms with Crippen molar-refractivity contribution in [2.45, 2.75) is 45.7 Å². The molecule has 0 spiro atoms. The molecule has 1 aromatic carbocycles. The van der Waals surface area contributed by atoms with Crippen LogP contribution in [-0.4, -0.2) is 44.3 Å². The number of carbonyl (C=O) groups is 1. The van der Waals surface area contributed by atoms with Crippen molar-refractivity contribution in [3.8, 4) is 0 Å². The summed E-state index contributed by atoms with van der Waals surface area (Å²) in [7, 11) is 1.74. The standard InChI is InChI=1S/C22H28N6O3/c1-13(2)24-20(29)15-5-6-17(14(3)11-15)25-21-23-12-18-19(26-21)28(22(30)27(18)4)16-7-9-31-10-8-16/h5-6,11-13,16H,7-10H2,1-4H3,(H,24,29)(H,23,25,26). The van der Waals surface area contributed by atoms with Gasteiger partial charge in [0, 0.05) is 43.6 Å². The van der Waals surface area contributed by atoms with Crippen LogP contribution in [0.1, 0.15) is 48.7 Å². The number of rotatable bonds is 5. The summed E-state index contributed by atoms with van der Waals surface area (Å²) < 4.78 is 8.79. The Morgan fingerprint density at radius 2 is 2.00 bits per heavy atom. The molecule has 0 atom stereocenters. The first-order valence-corrected chi connectivity index (χ1v) is 10.6. The summed E-state index contributed by atoms with van der Waals surface area (Å²) in [5, 5.41) is 6.12. The number of benzene rings is 1. The van der Waals surface area contributed by atoms with Gasteiger partial charge in [-0.25, -0.2) is 9.78 Å². The number of nitrogens with zero attached hydrogens (tertiary/aromatic N) is 4. The number of hydrogen-bond donors (Lipinski definition) is 2. The summed E-state index contributed by atoms with van der Waals surface area (Å²) in [6, 6.07) is 5.58. The maximum atomic E-state index is 12.8. The average molecular weight is 425 g/mol. The van der Waals surface area contributed by atoms with Gasteiger partial charge in [0.2, 0.25) is 5.95 Å². The van der Waals surface area contributed by atoms with Crippen molar-refractivity contribution in [3.63, 3.8) is 0 Å². The van der Waals surface area contributed by atoms with Gasteiger partial charge < -0.3 is 15.4 Å². The van der Waals surface area contributed by atoms with Gasteiger partial charge in [-0.15, -0.1) is 0 Å². The van der Waals surface area contributed by atoms with Crippen LogP contribution in [0.3, 0.4) is 0 Å². The highest BCUT2D eigenvalue weighted by atomic mass is 16.5. The van der Waals surface area contributed by atoms with Crippen molar-refractivity contribution < 1.29 is 9.53 Å². The third kappa shape index (κ3) is 4.18. The number of aromatic nitrogens is 4. The van der Waals surface area contributed by atoms with Gasteiger partial charge in [-0.05, 0) is 57.4 Å². The molecule has 0 aliphatic carbocycles. The fourth-order valence-corrected chi connectivity index (χ4v) is 3.88. The summed E-state index contributed by atoms with van der Waals surface area (Å²) in [6.07, 6.45) is 3.23. The highest BCUT2D eigenvalue weighted by Gasteiger charge is 2.23. The Labute approximate surface area is 180 Å². The minimum absolute atomic E-state index is 0.0631. The maximum absolute atomic E-state index is 12.8. The molecule has 1 aliphatic rings. The van der Waals surface area contributed by atoms with Gasteiger partial charge in [0.15, 0.2) is 5.65 Å². The van der Waals surface area contributed by atoms with Crippen LogP contribution in [-0.2, 0) is 11.8 Å². The van der Waals surface area contributed by atoms with E-state index in [9.17, 15) is 9.59 Å². The van der Waals surface area contributed by atoms with Gasteiger partial charge in [-0.2, -0.15) is 4.98 Å². The fourth-order valence-electron chi connectivity index (χ4n) is 3.88. The largest absolute Gasteiger partial charge is 0.381 e. The Bertz CT molecular complexity index is 1170. The van der Waals surface area contributed by atoms with E-state index in [-0.39, 0.29) is 23.7 Å². The number of imidazole rings is 1. The number of amides is 1. The number of hydrogen-bond acceptors (Lipinski definition) is 6. The lowest BCUT2D eigenvalue weighted by Gasteiger charge is -2.22. The van der Waals surface area contributed by atoms with Crippen LogP contribution in [0.4, 0.5) is 11.6 Å². The van der Waals surface area contributed by atoms with E-state index in [2.05, 4.69) is 20.6 Å². The maximum Gasteiger partial charge on any atom is 0.330 e. The zero-order valence-corrected chi connectivity index (χ0v) is 18.3. The Kier molecular flexibility index (Phi) is 5.77. The minimum atomic E-state index is -0.105. The van der Waals surface area contributed by atoms with Gasteiger partial charge in [0.25, 0.3) is 5.91 Å². The van der Waals surface area contributed by atoms with Crippen LogP contribution >= 0.6 is 0 Å². The highest BCUT2D eigenvalue weighted by molar-refractivity contribution is 5.95. The highest BCUT2D eigenvalue weighted by Crippen LogP contribution is 2.25. The zero-order valence-electron chi connectivity index (χ0n) is 18.3. The van der Waals surface area contributed by atoms with Crippen molar-refractivity contribution in [2.24, 2.45) is 7.05 Å². The number of carbonyl (C=O) groups excluding carboxylic acids is 1. The zero-order chi connectivity index (χ0) is 22.1. The predicted octanol–water partition coefficient (Wildman–Crippen LogP) is 2.67. The SMILES string of the molecule is Cc1cc(C(=O)NC(C)C)ccc1Nc1ncc2c(n1)n(C1CCOCC1)c(=O)n2C. The molecule has 164 valence electrons. The summed E-state index contributed by atoms with van der Waals surface area (Å²) in [6.45, 7) is 7.06. The van der Waals surface area contributed by atoms with Gasteiger partial charge >= 0.3 is 5.69 Å². The minimum Gasteiger partial charge on any atom is -0.381 e. The molecule has 2 N–H and O–H groups in total. The number of ether oxygens (including phenoxy) is 1. The summed E-state index contributed by atoms with van der Waals surface area (Å²) in [4.78, 5) is 34.2. The van der Waals surface area contributed by atoms with Crippen molar-refractivity contribution >= 4 is 28.7 Å². The number of aryl methyl sites for hydroxylation is 2. The second-order valence-corrected chi connectivity index (χ2v) is 8.24. The predicted molar refractivity (Wildman–Crippen MR) is 119 cm³/mol. The van der Waals surface area contributed by atoms with Crippen LogP contribution in [0, 0.1) is 6.92 Å². The van der Waals surface area contributed by atoms with E-state index in [4.69, 9.17) is 4.74 Å². The van der Waals surface area contributed by atoms with Crippen molar-refractivity contribution in [1.29, 1.82) is 0 Å². The third-order valence-electron chi connectivity index (χ3n) is 5.54. The molecular formula is C22H28N6O3. The van der Waals surface area contributed by atoms with Gasteiger partial charge in [0.1, 0.15) is 5.52 Å². The molecular weight excluding hydrogens is 396 g/mol. The van der Waals surface area contributed by atoms with Gasteiger partial charge in [-0.1, -0.05) is 0 Å². The van der Waals surface area contributed by atoms with E-state index in [1.165, 1.54) is 0 Å². The molecule has 4 rings (SSSR count). The molecule has 1 aliphatic heterocycles. The molecule has 0 radical (unpaired) electrons. The molecule has 31 heavy (non-hydrogen) atoms. The molecule has 1 saturated heterocycles. The van der Waals surface area contributed by atoms with E-state index in [1.54, 1.807) is 28.4 Å². The quantitative estimate of drug-likeness (QED) is 0.653. The van der Waals surface area contributed by atoms with Crippen LogP contribution in [0.2, 0.25) is 0 Å². The molecule has 1 amide bonds. The van der Waals surface area contributed by atoms with Crippen LogP contribution in [0.5, 0.6) is 0 Å². The molecule has 3 aromatic rings. The topological polar surface area (TPSA) is 103 Å². The normalized spacial score (nSPS) is 14.9. The van der Waals surface area contributed by atoms with Crippen LogP contribution in [0.25, 0.3) is 11.2 Å². The smallest absolute Gasteiger partial charge is 0.330 e. The first kappa shape index (κ1) is 21.0. The lowest BCUT2D eigenvalue weighted by molar-refractivity contribution is 0.0695. The monoisotopic (exact) mass is 424 g/mol. The van der Waals surface area contributed by atoms with Crippen LogP contribution in [0.15, 0.2) is 29.2 Å². The number of anilines is 2. The number of nitrogens with one attached hydrogen (secondary N) is 2. The molecule has 9 heteroatoms. The molecule has 2 aromatic heterocycles. The van der Waals surface area contributed by atoms with E-state index in [1.807, 2.05) is 32.9 Å². The van der Waals surface area contributed by atoms with E-state index in [0.29, 0.717) is 35.9 Å². The summed E-state index contributed by atoms with van der Waals surface area (Å²) >= 11 is 0. The third-order valence-corrected chi connectivity index (χ3v) is 5.54. The van der Waals surface area contributed by atoms with Crippen molar-refractivity contribution in [3.05, 3.63) is 46.0 Å². The van der Waals surface area contributed by atoms with Crippen LogP contribution < -0.4 is 16.3 Å². The summed E-state index contributed by atoms with van der Waals surface area (Å²) in [5.41, 5.74) is 3.52. The number of fused-ring (bicyclic) bond motifs is 1. The molecule has 0 bridgehead atoms. The second kappa shape index (κ2) is 8.50. The van der Waals surface area contributed by atoms with Crippen molar-refractivity contribution in [1.82, 2.24) is 24.4 Å². The second-order valence-electron chi connectivity index (χ2n) is 8.24. The Morgan fingerprint density at radius 3 is 2.68 bits per heavy atom. The first-order valence-electron chi connectivity index (χ1n) is 10.6. The fraction of sp³-hybridized carbons (Fsp3) is 0.455. The average Bonchev–Trinajstić information content (AvgIpc) is 2.99. The Balaban J connectivity index is 1.65. The molecule has 0 unspecified atom stereocenters. The lowest BCUT2D eigenvalue weighted by Crippen LogP contribution is -2.30. The van der Waals surface area contributed by atoms with E-state index in [0.717, 1.165) is 24.1 Å². The molecule has 0 saturated carbocycles. The first-order chi connectivity index (χ1) is 14.8. The van der Waals surface area contributed by atoms with Crippen molar-refractivity contribution in [2.75, 3.05) is 18.5 Å². The Morgan fingerprint density at radius 1 is 1.26 bits per heavy atom. The van der Waals surface area contributed by atoms with E-state index < -0.39 is 0 Å². The van der Waals surface area contributed by atoms with Gasteiger partial charge in [0.05, 0.1) is 6.20 Å². The lowest BCUT2D eigenvalue weighted by atomic mass is 10.1. The Hall–Kier alpha value is -3.20. The molecule has 9 nitrogen and oxygen atoms in total. The van der Waals surface area contributed by atoms with Gasteiger partial charge in [-0.3, -0.25) is 13.9 Å². The molecule has 3 heterocycles. The van der Waals surface area contributed by atoms with E-state index >= 15 is 0 Å².